The van der Waals surface area contributed by atoms with Crippen molar-refractivity contribution in [3.05, 3.63) is 29.2 Å². The Morgan fingerprint density at radius 1 is 1.08 bits per heavy atom. The summed E-state index contributed by atoms with van der Waals surface area (Å²) in [6.07, 6.45) is 2.54. The molecule has 0 aliphatic carbocycles. The van der Waals surface area contributed by atoms with Crippen LogP contribution in [-0.2, 0) is 0 Å². The minimum atomic E-state index is 0.503. The normalized spacial score (nSPS) is 16.2. The highest BCUT2D eigenvalue weighted by molar-refractivity contribution is 5.53. The molecule has 3 heteroatoms. The monoisotopic (exact) mass is 176 g/mol. The summed E-state index contributed by atoms with van der Waals surface area (Å²) in [5.74, 6) is 0. The second kappa shape index (κ2) is 3.56. The van der Waals surface area contributed by atoms with E-state index in [4.69, 9.17) is 0 Å². The molecule has 1 heterocycles. The first kappa shape index (κ1) is 8.23. The molecule has 0 N–H and O–H groups in total. The molecule has 0 spiro atoms. The van der Waals surface area contributed by atoms with Gasteiger partial charge in [0.25, 0.3) is 0 Å². The van der Waals surface area contributed by atoms with E-state index in [0.717, 1.165) is 13.1 Å². The van der Waals surface area contributed by atoms with Crippen molar-refractivity contribution in [1.82, 2.24) is 0 Å². The third kappa shape index (κ3) is 1.69. The van der Waals surface area contributed by atoms with E-state index in [-0.39, 0.29) is 0 Å². The topological polar surface area (TPSA) is 32.7 Å². The Kier molecular flexibility index (Phi) is 2.25. The molecule has 0 unspecified atom stereocenters. The van der Waals surface area contributed by atoms with Gasteiger partial charge in [-0.2, -0.15) is 0 Å². The van der Waals surface area contributed by atoms with E-state index in [1.807, 2.05) is 12.1 Å². The summed E-state index contributed by atoms with van der Waals surface area (Å²) in [6, 6.07) is 7.45. The van der Waals surface area contributed by atoms with Gasteiger partial charge < -0.3 is 4.90 Å². The third-order valence-electron chi connectivity index (χ3n) is 2.43. The SMILES string of the molecule is O=Nc1ccc(N2CCCC2)cc1. The summed E-state index contributed by atoms with van der Waals surface area (Å²) < 4.78 is 0. The van der Waals surface area contributed by atoms with Crippen LogP contribution in [0.4, 0.5) is 11.4 Å². The molecular weight excluding hydrogens is 164 g/mol. The van der Waals surface area contributed by atoms with E-state index in [0.29, 0.717) is 5.69 Å². The van der Waals surface area contributed by atoms with E-state index < -0.39 is 0 Å². The fraction of sp³-hybridized carbons (Fsp3) is 0.400. The highest BCUT2D eigenvalue weighted by Crippen LogP contribution is 2.22. The molecule has 1 aromatic carbocycles. The zero-order chi connectivity index (χ0) is 9.10. The van der Waals surface area contributed by atoms with Gasteiger partial charge in [0.1, 0.15) is 5.69 Å². The van der Waals surface area contributed by atoms with Crippen LogP contribution in [0.15, 0.2) is 29.4 Å². The predicted molar refractivity (Wildman–Crippen MR) is 53.3 cm³/mol. The van der Waals surface area contributed by atoms with Crippen molar-refractivity contribution < 1.29 is 0 Å². The average molecular weight is 176 g/mol. The maximum absolute atomic E-state index is 10.2. The predicted octanol–water partition coefficient (Wildman–Crippen LogP) is 2.68. The molecule has 2 rings (SSSR count). The Morgan fingerprint density at radius 3 is 2.23 bits per heavy atom. The van der Waals surface area contributed by atoms with Crippen molar-refractivity contribution in [3.8, 4) is 0 Å². The van der Waals surface area contributed by atoms with Crippen LogP contribution in [0.25, 0.3) is 0 Å². The summed E-state index contributed by atoms with van der Waals surface area (Å²) in [6.45, 7) is 2.27. The summed E-state index contributed by atoms with van der Waals surface area (Å²) in [7, 11) is 0. The van der Waals surface area contributed by atoms with Crippen LogP contribution in [-0.4, -0.2) is 13.1 Å². The van der Waals surface area contributed by atoms with Crippen molar-refractivity contribution in [3.63, 3.8) is 0 Å². The summed E-state index contributed by atoms with van der Waals surface area (Å²) in [5, 5.41) is 2.87. The summed E-state index contributed by atoms with van der Waals surface area (Å²) in [5.41, 5.74) is 1.70. The van der Waals surface area contributed by atoms with Crippen LogP contribution in [0.5, 0.6) is 0 Å². The van der Waals surface area contributed by atoms with Gasteiger partial charge in [0, 0.05) is 18.8 Å². The van der Waals surface area contributed by atoms with Crippen molar-refractivity contribution in [2.24, 2.45) is 5.18 Å². The van der Waals surface area contributed by atoms with Crippen LogP contribution in [0.3, 0.4) is 0 Å². The number of benzene rings is 1. The minimum Gasteiger partial charge on any atom is -0.372 e. The Morgan fingerprint density at radius 2 is 1.69 bits per heavy atom. The lowest BCUT2D eigenvalue weighted by molar-refractivity contribution is 0.949. The molecule has 0 amide bonds. The molecule has 3 nitrogen and oxygen atoms in total. The lowest BCUT2D eigenvalue weighted by Crippen LogP contribution is -2.17. The Bertz CT molecular complexity index is 288. The van der Waals surface area contributed by atoms with Crippen LogP contribution in [0, 0.1) is 4.91 Å². The molecule has 0 bridgehead atoms. The van der Waals surface area contributed by atoms with Crippen molar-refractivity contribution in [2.75, 3.05) is 18.0 Å². The first-order valence-electron chi connectivity index (χ1n) is 4.58. The number of anilines is 1. The van der Waals surface area contributed by atoms with Gasteiger partial charge in [-0.05, 0) is 42.3 Å². The zero-order valence-corrected chi connectivity index (χ0v) is 7.44. The average Bonchev–Trinajstić information content (AvgIpc) is 2.71. The van der Waals surface area contributed by atoms with Gasteiger partial charge in [0.2, 0.25) is 0 Å². The standard InChI is InChI=1S/C10H12N2O/c13-11-9-3-5-10(6-4-9)12-7-1-2-8-12/h3-6H,1-2,7-8H2. The highest BCUT2D eigenvalue weighted by Gasteiger charge is 2.11. The lowest BCUT2D eigenvalue weighted by Gasteiger charge is -2.16. The second-order valence-electron chi connectivity index (χ2n) is 3.30. The van der Waals surface area contributed by atoms with Crippen molar-refractivity contribution in [2.45, 2.75) is 12.8 Å². The molecule has 0 saturated carbocycles. The van der Waals surface area contributed by atoms with Gasteiger partial charge >= 0.3 is 0 Å². The molecule has 0 radical (unpaired) electrons. The third-order valence-corrected chi connectivity index (χ3v) is 2.43. The minimum absolute atomic E-state index is 0.503. The molecule has 1 aliphatic rings. The maximum atomic E-state index is 10.2. The maximum Gasteiger partial charge on any atom is 0.108 e. The Labute approximate surface area is 77.3 Å². The smallest absolute Gasteiger partial charge is 0.108 e. The Hall–Kier alpha value is -1.38. The Balaban J connectivity index is 2.16. The van der Waals surface area contributed by atoms with Crippen molar-refractivity contribution >= 4 is 11.4 Å². The molecule has 0 aromatic heterocycles. The number of nitrogens with zero attached hydrogens (tertiary/aromatic N) is 2. The van der Waals surface area contributed by atoms with Crippen LogP contribution < -0.4 is 4.90 Å². The largest absolute Gasteiger partial charge is 0.372 e. The number of rotatable bonds is 2. The summed E-state index contributed by atoms with van der Waals surface area (Å²) in [4.78, 5) is 12.5. The van der Waals surface area contributed by atoms with E-state index in [1.165, 1.54) is 18.5 Å². The molecule has 68 valence electrons. The van der Waals surface area contributed by atoms with Gasteiger partial charge in [0.15, 0.2) is 0 Å². The fourth-order valence-electron chi connectivity index (χ4n) is 1.70. The molecule has 1 aliphatic heterocycles. The number of hydrogen-bond acceptors (Lipinski definition) is 3. The first-order chi connectivity index (χ1) is 6.40. The first-order valence-corrected chi connectivity index (χ1v) is 4.58. The summed E-state index contributed by atoms with van der Waals surface area (Å²) >= 11 is 0. The van der Waals surface area contributed by atoms with E-state index >= 15 is 0 Å². The quantitative estimate of drug-likeness (QED) is 0.649. The molecule has 0 atom stereocenters. The van der Waals surface area contributed by atoms with E-state index in [2.05, 4.69) is 10.1 Å². The van der Waals surface area contributed by atoms with Crippen LogP contribution in [0.2, 0.25) is 0 Å². The molecule has 1 fully saturated rings. The molecule has 1 aromatic rings. The van der Waals surface area contributed by atoms with Gasteiger partial charge in [-0.3, -0.25) is 0 Å². The van der Waals surface area contributed by atoms with Gasteiger partial charge in [0.05, 0.1) is 0 Å². The van der Waals surface area contributed by atoms with E-state index in [9.17, 15) is 4.91 Å². The highest BCUT2D eigenvalue weighted by atomic mass is 16.3. The van der Waals surface area contributed by atoms with Gasteiger partial charge in [-0.1, -0.05) is 0 Å². The number of hydrogen-bond donors (Lipinski definition) is 0. The molecular formula is C10H12N2O. The van der Waals surface area contributed by atoms with Crippen LogP contribution >= 0.6 is 0 Å². The molecule has 13 heavy (non-hydrogen) atoms. The van der Waals surface area contributed by atoms with Crippen molar-refractivity contribution in [1.29, 1.82) is 0 Å². The second-order valence-corrected chi connectivity index (χ2v) is 3.30. The van der Waals surface area contributed by atoms with Crippen LogP contribution in [0.1, 0.15) is 12.8 Å². The number of nitroso groups, excluding NO2 is 1. The van der Waals surface area contributed by atoms with Gasteiger partial charge in [-0.15, -0.1) is 4.91 Å². The fourth-order valence-corrected chi connectivity index (χ4v) is 1.70. The van der Waals surface area contributed by atoms with E-state index in [1.54, 1.807) is 12.1 Å². The molecule has 1 saturated heterocycles. The van der Waals surface area contributed by atoms with Gasteiger partial charge in [-0.25, -0.2) is 0 Å². The lowest BCUT2D eigenvalue weighted by atomic mass is 10.2. The zero-order valence-electron chi connectivity index (χ0n) is 7.44.